The van der Waals surface area contributed by atoms with Crippen LogP contribution in [0.3, 0.4) is 0 Å². The fourth-order valence-corrected chi connectivity index (χ4v) is 4.96. The number of hydrogen-bond acceptors (Lipinski definition) is 8. The summed E-state index contributed by atoms with van der Waals surface area (Å²) in [6.45, 7) is 4.31. The molecule has 1 aliphatic rings. The Balaban J connectivity index is 1.33. The van der Waals surface area contributed by atoms with E-state index < -0.39 is 14.9 Å². The van der Waals surface area contributed by atoms with Crippen LogP contribution < -0.4 is 4.72 Å². The molecule has 1 saturated heterocycles. The molecule has 0 bridgehead atoms. The van der Waals surface area contributed by atoms with Gasteiger partial charge in [0, 0.05) is 30.8 Å². The van der Waals surface area contributed by atoms with E-state index in [1.54, 1.807) is 36.4 Å². The highest BCUT2D eigenvalue weighted by Crippen LogP contribution is 2.23. The lowest BCUT2D eigenvalue weighted by Gasteiger charge is -2.31. The predicted molar refractivity (Wildman–Crippen MR) is 121 cm³/mol. The summed E-state index contributed by atoms with van der Waals surface area (Å²) in [5.74, 6) is 0.930. The van der Waals surface area contributed by atoms with Crippen molar-refractivity contribution in [3.63, 3.8) is 0 Å². The quantitative estimate of drug-likeness (QED) is 0.391. The van der Waals surface area contributed by atoms with Gasteiger partial charge in [0.05, 0.1) is 16.4 Å². The lowest BCUT2D eigenvalue weighted by atomic mass is 9.98. The average Bonchev–Trinajstić information content (AvgIpc) is 3.27. The molecule has 0 saturated carbocycles. The van der Waals surface area contributed by atoms with Gasteiger partial charge in [0.1, 0.15) is 0 Å². The summed E-state index contributed by atoms with van der Waals surface area (Å²) in [5, 5.41) is 18.9. The summed E-state index contributed by atoms with van der Waals surface area (Å²) in [5.41, 5.74) is 1.62. The molecule has 4 rings (SSSR count). The number of likely N-dealkylation sites (tertiary alicyclic amines) is 1. The molecule has 1 aromatic heterocycles. The van der Waals surface area contributed by atoms with Gasteiger partial charge in [-0.05, 0) is 56.5 Å². The molecule has 11 heteroatoms. The lowest BCUT2D eigenvalue weighted by molar-refractivity contribution is -0.384. The minimum Gasteiger partial charge on any atom is -0.419 e. The van der Waals surface area contributed by atoms with Gasteiger partial charge in [-0.25, -0.2) is 13.1 Å². The number of nitro groups is 1. The third kappa shape index (κ3) is 5.81. The molecule has 33 heavy (non-hydrogen) atoms. The van der Waals surface area contributed by atoms with Gasteiger partial charge in [-0.1, -0.05) is 17.7 Å². The minimum absolute atomic E-state index is 0.00384. The van der Waals surface area contributed by atoms with Crippen LogP contribution in [0.15, 0.2) is 57.8 Å². The summed E-state index contributed by atoms with van der Waals surface area (Å²) in [4.78, 5) is 12.8. The van der Waals surface area contributed by atoms with Crippen LogP contribution in [0.1, 0.15) is 24.3 Å². The van der Waals surface area contributed by atoms with Crippen molar-refractivity contribution < 1.29 is 17.8 Å². The van der Waals surface area contributed by atoms with Crippen LogP contribution >= 0.6 is 0 Å². The Labute approximate surface area is 191 Å². The number of nitro benzene ring substituents is 1. The third-order valence-corrected chi connectivity index (χ3v) is 7.09. The molecule has 2 aromatic carbocycles. The lowest BCUT2D eigenvalue weighted by Crippen LogP contribution is -2.40. The maximum Gasteiger partial charge on any atom is 0.269 e. The Bertz CT molecular complexity index is 1210. The molecular formula is C22H25N5O5S. The van der Waals surface area contributed by atoms with Crippen LogP contribution in [-0.2, 0) is 16.6 Å². The number of sulfonamides is 1. The van der Waals surface area contributed by atoms with E-state index in [9.17, 15) is 18.5 Å². The molecule has 0 radical (unpaired) electrons. The van der Waals surface area contributed by atoms with Crippen molar-refractivity contribution >= 4 is 15.7 Å². The molecule has 3 aromatic rings. The smallest absolute Gasteiger partial charge is 0.269 e. The van der Waals surface area contributed by atoms with Crippen LogP contribution in [0.2, 0.25) is 0 Å². The number of nitrogens with one attached hydrogen (secondary N) is 1. The summed E-state index contributed by atoms with van der Waals surface area (Å²) >= 11 is 0. The third-order valence-electron chi connectivity index (χ3n) is 5.65. The second-order valence-corrected chi connectivity index (χ2v) is 9.98. The average molecular weight is 472 g/mol. The standard InChI is InChI=1S/C22H25N5O5S/c1-16-4-10-20(11-5-16)33(30,31)23-13-17-3-2-12-26(14-17)15-21-24-25-22(32-21)18-6-8-19(9-7-18)27(28)29/h4-11,17,23H,2-3,12-15H2,1H3. The highest BCUT2D eigenvalue weighted by Gasteiger charge is 2.24. The van der Waals surface area contributed by atoms with Crippen molar-refractivity contribution in [2.45, 2.75) is 31.2 Å². The van der Waals surface area contributed by atoms with Gasteiger partial charge in [0.2, 0.25) is 21.8 Å². The van der Waals surface area contributed by atoms with Crippen LogP contribution in [-0.4, -0.2) is 48.1 Å². The number of rotatable bonds is 8. The zero-order valence-corrected chi connectivity index (χ0v) is 19.0. The van der Waals surface area contributed by atoms with E-state index in [0.29, 0.717) is 37.0 Å². The first kappa shape index (κ1) is 23.0. The Hall–Kier alpha value is -3.15. The van der Waals surface area contributed by atoms with E-state index in [1.165, 1.54) is 12.1 Å². The van der Waals surface area contributed by atoms with Gasteiger partial charge in [-0.3, -0.25) is 15.0 Å². The maximum atomic E-state index is 12.6. The van der Waals surface area contributed by atoms with Crippen LogP contribution in [0.5, 0.6) is 0 Å². The molecule has 174 valence electrons. The Morgan fingerprint density at radius 3 is 2.58 bits per heavy atom. The summed E-state index contributed by atoms with van der Waals surface area (Å²) in [6.07, 6.45) is 1.88. The Kier molecular flexibility index (Phi) is 6.82. The molecule has 1 fully saturated rings. The van der Waals surface area contributed by atoms with E-state index in [2.05, 4.69) is 19.8 Å². The van der Waals surface area contributed by atoms with E-state index in [0.717, 1.165) is 24.9 Å². The number of aryl methyl sites for hydroxylation is 1. The monoisotopic (exact) mass is 471 g/mol. The second kappa shape index (κ2) is 9.77. The van der Waals surface area contributed by atoms with Crippen molar-refractivity contribution in [1.82, 2.24) is 19.8 Å². The van der Waals surface area contributed by atoms with Gasteiger partial charge < -0.3 is 4.42 Å². The second-order valence-electron chi connectivity index (χ2n) is 8.21. The number of piperidine rings is 1. The van der Waals surface area contributed by atoms with Crippen LogP contribution in [0.4, 0.5) is 5.69 Å². The largest absolute Gasteiger partial charge is 0.419 e. The fourth-order valence-electron chi connectivity index (χ4n) is 3.84. The van der Waals surface area contributed by atoms with Gasteiger partial charge >= 0.3 is 0 Å². The van der Waals surface area contributed by atoms with E-state index in [4.69, 9.17) is 4.42 Å². The predicted octanol–water partition coefficient (Wildman–Crippen LogP) is 3.14. The van der Waals surface area contributed by atoms with Gasteiger partial charge in [-0.15, -0.1) is 10.2 Å². The molecule has 0 spiro atoms. The molecule has 1 unspecified atom stereocenters. The van der Waals surface area contributed by atoms with Crippen molar-refractivity contribution in [2.24, 2.45) is 5.92 Å². The first-order valence-electron chi connectivity index (χ1n) is 10.7. The summed E-state index contributed by atoms with van der Waals surface area (Å²) < 4.78 is 33.6. The topological polar surface area (TPSA) is 131 Å². The number of aromatic nitrogens is 2. The molecule has 2 heterocycles. The number of benzene rings is 2. The molecule has 0 aliphatic carbocycles. The summed E-state index contributed by atoms with van der Waals surface area (Å²) in [7, 11) is -3.54. The number of hydrogen-bond donors (Lipinski definition) is 1. The van der Waals surface area contributed by atoms with Gasteiger partial charge in [-0.2, -0.15) is 0 Å². The van der Waals surface area contributed by atoms with Gasteiger partial charge in [0.25, 0.3) is 5.69 Å². The highest BCUT2D eigenvalue weighted by molar-refractivity contribution is 7.89. The molecule has 0 amide bonds. The molecule has 1 aliphatic heterocycles. The van der Waals surface area contributed by atoms with Crippen LogP contribution in [0.25, 0.3) is 11.5 Å². The molecule has 1 atom stereocenters. The van der Waals surface area contributed by atoms with Crippen LogP contribution in [0, 0.1) is 23.0 Å². The normalized spacial score (nSPS) is 17.2. The van der Waals surface area contributed by atoms with Crippen molar-refractivity contribution in [3.8, 4) is 11.5 Å². The highest BCUT2D eigenvalue weighted by atomic mass is 32.2. The van der Waals surface area contributed by atoms with E-state index in [-0.39, 0.29) is 16.5 Å². The SMILES string of the molecule is Cc1ccc(S(=O)(=O)NCC2CCCN(Cc3nnc(-c4ccc([N+](=O)[O-])cc4)o3)C2)cc1. The van der Waals surface area contributed by atoms with Crippen molar-refractivity contribution in [1.29, 1.82) is 0 Å². The number of nitrogens with zero attached hydrogens (tertiary/aromatic N) is 4. The first-order valence-corrected chi connectivity index (χ1v) is 12.1. The Morgan fingerprint density at radius 1 is 1.15 bits per heavy atom. The zero-order valence-electron chi connectivity index (χ0n) is 18.2. The maximum absolute atomic E-state index is 12.6. The minimum atomic E-state index is -3.54. The number of non-ortho nitro benzene ring substituents is 1. The Morgan fingerprint density at radius 2 is 1.88 bits per heavy atom. The van der Waals surface area contributed by atoms with E-state index >= 15 is 0 Å². The molecular weight excluding hydrogens is 446 g/mol. The zero-order chi connectivity index (χ0) is 23.4. The first-order chi connectivity index (χ1) is 15.8. The van der Waals surface area contributed by atoms with Gasteiger partial charge in [0.15, 0.2) is 0 Å². The molecule has 1 N–H and O–H groups in total. The molecule has 10 nitrogen and oxygen atoms in total. The van der Waals surface area contributed by atoms with E-state index in [1.807, 2.05) is 6.92 Å². The summed E-state index contributed by atoms with van der Waals surface area (Å²) in [6, 6.07) is 12.7. The fraction of sp³-hybridized carbons (Fsp3) is 0.364. The van der Waals surface area contributed by atoms with Crippen molar-refractivity contribution in [3.05, 3.63) is 70.1 Å². The van der Waals surface area contributed by atoms with Crippen molar-refractivity contribution in [2.75, 3.05) is 19.6 Å².